The number of ketones is 1. The van der Waals surface area contributed by atoms with Gasteiger partial charge >= 0.3 is 11.9 Å². The molecule has 28 heteroatoms. The van der Waals surface area contributed by atoms with Gasteiger partial charge in [0, 0.05) is 159 Å². The summed E-state index contributed by atoms with van der Waals surface area (Å²) in [6.45, 7) is 24.3. The fourth-order valence-electron chi connectivity index (χ4n) is 19.3. The number of benzene rings is 7. The molecule has 7 aliphatic rings. The highest BCUT2D eigenvalue weighted by Gasteiger charge is 2.64. The highest BCUT2D eigenvalue weighted by molar-refractivity contribution is 7.92. The highest BCUT2D eigenvalue weighted by Crippen LogP contribution is 2.64. The molecule has 4 fully saturated rings. The normalized spacial score (nSPS) is 20.2. The van der Waals surface area contributed by atoms with E-state index < -0.39 is 56.7 Å². The molecule has 10 heterocycles. The van der Waals surface area contributed by atoms with Crippen LogP contribution in [0.1, 0.15) is 101 Å². The number of ether oxygens (including phenoxy) is 3. The average molecular weight is 1780 g/mol. The van der Waals surface area contributed by atoms with E-state index in [1.54, 1.807) is 66.6 Å². The second kappa shape index (κ2) is 37.0. The molecule has 0 radical (unpaired) electrons. The number of cyclic esters (lactones) is 1. The lowest BCUT2D eigenvalue weighted by Gasteiger charge is -2.53. The summed E-state index contributed by atoms with van der Waals surface area (Å²) in [5.41, 5.74) is 13.1. The standard InChI is InChI=1S/C32H29N5O2.C29H35NO7.C21H16N6O2S2.C20H19NO2/c1-35-19-25(23-9-2-4-11-27(23)35)29-30(32(39)34-31(29)38)26-20-37(28-12-5-3-10-24(26)28)22-13-16-36(17-14-22)18-21-8-6-7-15-33-21;1-8-12-30(13-9-2)15-18-22-25(33)24(32)21-19-11-10-16(3)28(19,5)14-20(36-17(4)31)23(21)29(22,6)27(35-7)37-26(18)34;1-13-6-9-15(10-7-13)31(28,29)27-21-20(23-16-4-2-3-5-17(16)24-21)22-14-8-11-18-19(12-14)26-30-25-18;22-18-14-19(21-12-5-2-6-13-21)23-20-16(10-7-11-17(18)20)15-8-3-1-4-9-15/h2-12,15,19-20,22H,13-14,16-18H2,1H3,(H,34,38,39);8-9,15,19-20,27,33H,1-3,10-14H2,4-7H3;2-12H,1H3,(H,22,23)(H,24,27);1,3-4,7-11,14H,2,5-6,12-13H2/b;18-15+;;/t;19-,20+,27-,28?,29?;;/m.0../s1. The molecule has 20 rings (SSSR count). The number of piperidine rings is 2. The number of aliphatic hydroxyl groups is 1. The third-order valence-electron chi connectivity index (χ3n) is 25.7. The van der Waals surface area contributed by atoms with Crippen LogP contribution in [0.4, 0.5) is 23.2 Å². The van der Waals surface area contributed by atoms with Gasteiger partial charge in [-0.15, -0.1) is 13.2 Å². The first kappa shape index (κ1) is 88.0. The van der Waals surface area contributed by atoms with Crippen LogP contribution in [-0.2, 0) is 61.8 Å². The predicted octanol–water partition coefficient (Wildman–Crippen LogP) is 17.9. The van der Waals surface area contributed by atoms with Crippen molar-refractivity contribution in [2.45, 2.75) is 109 Å². The van der Waals surface area contributed by atoms with Gasteiger partial charge in [0.05, 0.1) is 60.9 Å². The van der Waals surface area contributed by atoms with Gasteiger partial charge in [0.15, 0.2) is 28.7 Å². The zero-order chi connectivity index (χ0) is 90.9. The Balaban J connectivity index is 0.000000123. The summed E-state index contributed by atoms with van der Waals surface area (Å²) in [6, 6.07) is 59.4. The van der Waals surface area contributed by atoms with Crippen molar-refractivity contribution in [1.29, 1.82) is 0 Å². The smallest absolute Gasteiger partial charge is 0.342 e. The van der Waals surface area contributed by atoms with Crippen molar-refractivity contribution in [1.82, 2.24) is 47.9 Å². The number of hydrogen-bond acceptors (Lipinski definition) is 23. The van der Waals surface area contributed by atoms with Crippen molar-refractivity contribution >= 4 is 140 Å². The maximum Gasteiger partial charge on any atom is 0.342 e. The van der Waals surface area contributed by atoms with Gasteiger partial charge < -0.3 is 48.0 Å². The molecule has 4 N–H and O–H groups in total. The van der Waals surface area contributed by atoms with Gasteiger partial charge in [-0.05, 0) is 160 Å². The fourth-order valence-corrected chi connectivity index (χ4v) is 20.9. The first-order chi connectivity index (χ1) is 62.8. The lowest BCUT2D eigenvalue weighted by Crippen LogP contribution is -2.56. The molecule has 1 saturated carbocycles. The summed E-state index contributed by atoms with van der Waals surface area (Å²) >= 11 is 1.13. The van der Waals surface area contributed by atoms with E-state index in [1.807, 2.05) is 171 Å². The molecule has 4 aliphatic heterocycles. The van der Waals surface area contributed by atoms with E-state index in [9.17, 15) is 42.3 Å². The number of hydrogen-bond donors (Lipinski definition) is 4. The van der Waals surface area contributed by atoms with Crippen molar-refractivity contribution in [3.05, 3.63) is 311 Å². The molecule has 7 aromatic carbocycles. The maximum absolute atomic E-state index is 14.0. The Morgan fingerprint density at radius 1 is 0.715 bits per heavy atom. The van der Waals surface area contributed by atoms with Gasteiger partial charge in [-0.3, -0.25) is 43.9 Å². The van der Waals surface area contributed by atoms with Crippen LogP contribution in [0.5, 0.6) is 0 Å². The molecule has 3 saturated heterocycles. The third-order valence-corrected chi connectivity index (χ3v) is 27.6. The molecule has 662 valence electrons. The van der Waals surface area contributed by atoms with E-state index in [1.165, 1.54) is 20.5 Å². The Hall–Kier alpha value is -14.1. The fraction of sp³-hybridized carbons (Fsp3) is 0.265. The number of methoxy groups -OCH3 is 1. The zero-order valence-corrected chi connectivity index (χ0v) is 74.7. The van der Waals surface area contributed by atoms with E-state index in [2.05, 4.69) is 97.6 Å². The van der Waals surface area contributed by atoms with Crippen LogP contribution in [0.15, 0.2) is 292 Å². The molecule has 5 atom stereocenters. The number of aryl methyl sites for hydroxylation is 2. The highest BCUT2D eigenvalue weighted by atomic mass is 32.2. The van der Waals surface area contributed by atoms with E-state index in [0.29, 0.717) is 87.8 Å². The monoisotopic (exact) mass is 1780 g/mol. The number of esters is 2. The van der Waals surface area contributed by atoms with E-state index in [0.717, 1.165) is 148 Å². The Bertz CT molecular complexity index is 6990. The van der Waals surface area contributed by atoms with Gasteiger partial charge in [-0.2, -0.15) is 8.75 Å². The summed E-state index contributed by atoms with van der Waals surface area (Å²) < 4.78 is 64.8. The first-order valence-electron chi connectivity index (χ1n) is 43.4. The number of Topliss-reactive ketones (excluding diaryl/α,β-unsaturated/α-hetero) is 1. The SMILES string of the molecule is C=CCN(/C=C1/C(=O)O[C@H](OC)C2(C)C1=C(O)C(=O)C1=C2[C@H](OC(C)=O)CC2(C)C(=C)CC[C@@H]12)CC=C.Cc1ccc(S(=O)(=O)Nc2nc3ccccc3nc2Nc2ccc3nsnc3c2)cc1.Cn1cc(C2=C(c3cn(C4CCN(Cc5ccccn5)CC4)c4ccccc34)C(=O)NC2=O)c2ccccc21.O=c1cc(N2CCCCC2)oc2c(-c3ccccc3)cccc12. The first-order valence-corrected chi connectivity index (χ1v) is 45.7. The number of aliphatic hydroxyl groups excluding tert-OH is 1. The third kappa shape index (κ3) is 17.2. The topological polar surface area (TPSA) is 318 Å². The molecular weight excluding hydrogens is 1680 g/mol. The van der Waals surface area contributed by atoms with Gasteiger partial charge in [0.25, 0.3) is 21.8 Å². The summed E-state index contributed by atoms with van der Waals surface area (Å²) in [5, 5.41) is 19.8. The molecule has 130 heavy (non-hydrogen) atoms. The summed E-state index contributed by atoms with van der Waals surface area (Å²) in [5.74, 6) is -2.14. The second-order valence-electron chi connectivity index (χ2n) is 34.0. The number of imide groups is 1. The maximum atomic E-state index is 14.0. The lowest BCUT2D eigenvalue weighted by molar-refractivity contribution is -0.196. The van der Waals surface area contributed by atoms with E-state index >= 15 is 0 Å². The zero-order valence-electron chi connectivity index (χ0n) is 73.0. The number of pyridine rings is 1. The largest absolute Gasteiger partial charge is 0.504 e. The minimum absolute atomic E-state index is 0.0302. The number of para-hydroxylation sites is 5. The van der Waals surface area contributed by atoms with Crippen LogP contribution < -0.4 is 25.7 Å². The number of fused-ring (bicyclic) bond motifs is 9. The number of allylic oxidation sites excluding steroid dienone is 2. The number of aromatic nitrogens is 7. The van der Waals surface area contributed by atoms with Crippen molar-refractivity contribution in [2.24, 2.45) is 23.8 Å². The molecule has 2 unspecified atom stereocenters. The van der Waals surface area contributed by atoms with Crippen LogP contribution in [0.2, 0.25) is 0 Å². The van der Waals surface area contributed by atoms with Crippen LogP contribution in [0.25, 0.3) is 77.1 Å². The lowest BCUT2D eigenvalue weighted by atomic mass is 9.54. The quantitative estimate of drug-likeness (QED) is 0.0253. The van der Waals surface area contributed by atoms with Crippen molar-refractivity contribution in [3.8, 4) is 11.1 Å². The number of rotatable bonds is 19. The minimum atomic E-state index is -3.85. The summed E-state index contributed by atoms with van der Waals surface area (Å²) in [4.78, 5) is 98.7. The number of anilines is 4. The van der Waals surface area contributed by atoms with Gasteiger partial charge in [0.2, 0.25) is 12.1 Å². The molecular formula is C102H99N13O13S2. The van der Waals surface area contributed by atoms with Crippen LogP contribution >= 0.6 is 11.7 Å². The number of sulfonamides is 1. The molecule has 2 amide bonds. The predicted molar refractivity (Wildman–Crippen MR) is 506 cm³/mol. The second-order valence-corrected chi connectivity index (χ2v) is 36.2. The number of amides is 2. The van der Waals surface area contributed by atoms with Crippen molar-refractivity contribution in [2.75, 3.05) is 61.3 Å². The van der Waals surface area contributed by atoms with Crippen LogP contribution in [0.3, 0.4) is 0 Å². The number of nitrogens with one attached hydrogen (secondary N) is 3. The number of carbonyl (C=O) groups is 5. The van der Waals surface area contributed by atoms with Crippen molar-refractivity contribution in [3.63, 3.8) is 0 Å². The molecule has 13 aromatic rings. The van der Waals surface area contributed by atoms with Gasteiger partial charge in [-0.25, -0.2) is 23.2 Å². The Labute approximate surface area is 756 Å². The number of carbonyl (C=O) groups excluding carboxylic acids is 5. The molecule has 26 nitrogen and oxygen atoms in total. The Morgan fingerprint density at radius 3 is 2.05 bits per heavy atom. The summed E-state index contributed by atoms with van der Waals surface area (Å²) in [7, 11) is -0.488. The Morgan fingerprint density at radius 2 is 1.36 bits per heavy atom. The summed E-state index contributed by atoms with van der Waals surface area (Å²) in [6.07, 6.45) is 16.2. The minimum Gasteiger partial charge on any atom is -0.504 e. The van der Waals surface area contributed by atoms with Crippen LogP contribution in [-0.4, -0.2) is 144 Å². The number of likely N-dealkylation sites (tertiary alicyclic amines) is 1. The molecule has 0 spiro atoms. The van der Waals surface area contributed by atoms with Crippen LogP contribution in [0, 0.1) is 23.7 Å². The van der Waals surface area contributed by atoms with Crippen molar-refractivity contribution < 1.29 is 56.1 Å². The van der Waals surface area contributed by atoms with Gasteiger partial charge in [-0.1, -0.05) is 146 Å². The molecule has 0 bridgehead atoms. The van der Waals surface area contributed by atoms with Gasteiger partial charge in [0.1, 0.15) is 22.7 Å². The Kier molecular flexibility index (Phi) is 25.0. The molecule has 3 aliphatic carbocycles. The molecule has 6 aromatic heterocycles. The van der Waals surface area contributed by atoms with E-state index in [4.69, 9.17) is 18.6 Å². The average Bonchev–Trinajstić information content (AvgIpc) is 1.55. The number of nitrogens with zero attached hydrogens (tertiary/aromatic N) is 10. The van der Waals surface area contributed by atoms with E-state index in [-0.39, 0.29) is 50.8 Å².